The van der Waals surface area contributed by atoms with E-state index < -0.39 is 0 Å². The van der Waals surface area contributed by atoms with Gasteiger partial charge in [0.15, 0.2) is 0 Å². The van der Waals surface area contributed by atoms with Gasteiger partial charge in [-0.3, -0.25) is 9.59 Å². The molecule has 240 valence electrons. The van der Waals surface area contributed by atoms with Crippen molar-refractivity contribution in [2.45, 2.75) is 68.2 Å². The molecule has 3 aromatic carbocycles. The maximum Gasteiger partial charge on any atom is 0.224 e. The molecule has 46 heavy (non-hydrogen) atoms. The van der Waals surface area contributed by atoms with Crippen molar-refractivity contribution in [3.05, 3.63) is 85.2 Å². The number of benzene rings is 3. The Balaban J connectivity index is 0.00000235. The van der Waals surface area contributed by atoms with E-state index in [0.29, 0.717) is 12.8 Å². The number of aromatic nitrogens is 4. The van der Waals surface area contributed by atoms with Crippen LogP contribution in [0.3, 0.4) is 0 Å². The van der Waals surface area contributed by atoms with Crippen molar-refractivity contribution in [2.24, 2.45) is 10.8 Å². The summed E-state index contributed by atoms with van der Waals surface area (Å²) in [5.74, 6) is 1.51. The molecule has 5 aromatic rings. The molecule has 5 rings (SSSR count). The summed E-state index contributed by atoms with van der Waals surface area (Å²) < 4.78 is 0. The Kier molecular flexibility index (Phi) is 10.6. The Morgan fingerprint density at radius 3 is 1.30 bits per heavy atom. The van der Waals surface area contributed by atoms with Crippen LogP contribution in [0.2, 0.25) is 0 Å². The van der Waals surface area contributed by atoms with Gasteiger partial charge in [0.05, 0.1) is 23.8 Å². The first-order valence-electron chi connectivity index (χ1n) is 15.8. The number of aromatic amines is 2. The molecule has 0 bridgehead atoms. The first-order chi connectivity index (χ1) is 21.8. The zero-order valence-electron chi connectivity index (χ0n) is 28.2. The fourth-order valence-electron chi connectivity index (χ4n) is 4.88. The van der Waals surface area contributed by atoms with Crippen molar-refractivity contribution >= 4 is 23.2 Å². The van der Waals surface area contributed by atoms with Gasteiger partial charge in [0.2, 0.25) is 11.8 Å². The second-order valence-corrected chi connectivity index (χ2v) is 13.6. The normalized spacial score (nSPS) is 11.4. The van der Waals surface area contributed by atoms with E-state index in [4.69, 9.17) is 0 Å². The number of nitrogens with zero attached hydrogens (tertiary/aromatic N) is 2. The van der Waals surface area contributed by atoms with E-state index in [1.54, 1.807) is 0 Å². The molecule has 2 heterocycles. The van der Waals surface area contributed by atoms with E-state index in [1.807, 2.05) is 135 Å². The predicted molar refractivity (Wildman–Crippen MR) is 189 cm³/mol. The van der Waals surface area contributed by atoms with Gasteiger partial charge in [-0.1, -0.05) is 73.6 Å². The lowest BCUT2D eigenvalue weighted by Crippen LogP contribution is -2.19. The van der Waals surface area contributed by atoms with Crippen LogP contribution in [0.15, 0.2) is 85.2 Å². The second-order valence-electron chi connectivity index (χ2n) is 13.6. The van der Waals surface area contributed by atoms with Crippen LogP contribution in [0.5, 0.6) is 0 Å². The van der Waals surface area contributed by atoms with Gasteiger partial charge in [0.1, 0.15) is 11.6 Å². The lowest BCUT2D eigenvalue weighted by molar-refractivity contribution is -0.118. The molecule has 0 aliphatic carbocycles. The molecule has 8 nitrogen and oxygen atoms in total. The maximum absolute atomic E-state index is 12.3. The minimum Gasteiger partial charge on any atom is -0.338 e. The molecule has 2 amide bonds. The molecule has 2 aromatic heterocycles. The third-order valence-electron chi connectivity index (χ3n) is 6.90. The van der Waals surface area contributed by atoms with Gasteiger partial charge in [0.25, 0.3) is 0 Å². The Morgan fingerprint density at radius 1 is 0.587 bits per heavy atom. The predicted octanol–water partition coefficient (Wildman–Crippen LogP) is 9.58. The van der Waals surface area contributed by atoms with Crippen LogP contribution in [0, 0.1) is 10.8 Å². The number of rotatable bonds is 8. The van der Waals surface area contributed by atoms with Gasteiger partial charge in [-0.05, 0) is 65.4 Å². The Bertz CT molecular complexity index is 1620. The van der Waals surface area contributed by atoms with E-state index >= 15 is 0 Å². The monoisotopic (exact) mass is 618 g/mol. The lowest BCUT2D eigenvalue weighted by Gasteiger charge is -2.17. The molecule has 0 spiro atoms. The summed E-state index contributed by atoms with van der Waals surface area (Å²) in [6, 6.07) is 23.6. The standard InChI is InChI=1S/C36H40N6O2.C2H6/c1-35(2,3)19-31(43)39-27-14-10-23(11-15-27)33-37-21-29(41-33)25-8-7-9-26(18-25)30-22-38-34(42-30)24-12-16-28(17-13-24)40-32(44)20-36(4,5)6;1-2/h7-18,21-22H,19-20H2,1-6H3,(H,37,41)(H,38,42)(H,39,43)(H,40,44);1-2H3. The van der Waals surface area contributed by atoms with E-state index in [9.17, 15) is 9.59 Å². The average molecular weight is 619 g/mol. The number of carbonyl (C=O) groups excluding carboxylic acids is 2. The maximum atomic E-state index is 12.3. The van der Waals surface area contributed by atoms with E-state index in [0.717, 1.165) is 56.7 Å². The highest BCUT2D eigenvalue weighted by molar-refractivity contribution is 5.92. The quantitative estimate of drug-likeness (QED) is 0.139. The van der Waals surface area contributed by atoms with Gasteiger partial charge < -0.3 is 20.6 Å². The summed E-state index contributed by atoms with van der Waals surface area (Å²) >= 11 is 0. The third-order valence-corrected chi connectivity index (χ3v) is 6.90. The van der Waals surface area contributed by atoms with Crippen molar-refractivity contribution in [3.8, 4) is 45.3 Å². The number of amides is 2. The number of H-pyrrole nitrogens is 2. The summed E-state index contributed by atoms with van der Waals surface area (Å²) in [7, 11) is 0. The summed E-state index contributed by atoms with van der Waals surface area (Å²) in [5.41, 5.74) is 7.05. The largest absolute Gasteiger partial charge is 0.338 e. The van der Waals surface area contributed by atoms with Crippen LogP contribution in [-0.4, -0.2) is 31.8 Å². The van der Waals surface area contributed by atoms with Crippen molar-refractivity contribution in [1.82, 2.24) is 19.9 Å². The Morgan fingerprint density at radius 2 is 0.957 bits per heavy atom. The number of nitrogens with one attached hydrogen (secondary N) is 4. The number of carbonyl (C=O) groups is 2. The van der Waals surface area contributed by atoms with Crippen LogP contribution < -0.4 is 10.6 Å². The van der Waals surface area contributed by atoms with Crippen LogP contribution in [0.1, 0.15) is 68.2 Å². The SMILES string of the molecule is CC.CC(C)(C)CC(=O)Nc1ccc(-c2ncc(-c3cccc(-c4cnc(-c5ccc(NC(=O)CC(C)(C)C)cc5)[nH]4)c3)[nH]2)cc1. The summed E-state index contributed by atoms with van der Waals surface area (Å²) in [4.78, 5) is 40.6. The number of hydrogen-bond acceptors (Lipinski definition) is 4. The Hall–Kier alpha value is -4.98. The Labute approximate surface area is 272 Å². The molecular weight excluding hydrogens is 572 g/mol. The summed E-state index contributed by atoms with van der Waals surface area (Å²) in [5, 5.41) is 5.93. The van der Waals surface area contributed by atoms with Gasteiger partial charge in [0, 0.05) is 46.5 Å². The fourth-order valence-corrected chi connectivity index (χ4v) is 4.88. The molecule has 0 saturated carbocycles. The van der Waals surface area contributed by atoms with Crippen molar-refractivity contribution in [1.29, 1.82) is 0 Å². The highest BCUT2D eigenvalue weighted by atomic mass is 16.2. The zero-order valence-corrected chi connectivity index (χ0v) is 28.2. The summed E-state index contributed by atoms with van der Waals surface area (Å²) in [6.07, 6.45) is 4.57. The first kappa shape index (κ1) is 33.9. The lowest BCUT2D eigenvalue weighted by atomic mass is 9.92. The highest BCUT2D eigenvalue weighted by Gasteiger charge is 2.17. The van der Waals surface area contributed by atoms with E-state index in [-0.39, 0.29) is 22.6 Å². The van der Waals surface area contributed by atoms with Crippen LogP contribution in [-0.2, 0) is 9.59 Å². The van der Waals surface area contributed by atoms with Crippen molar-refractivity contribution in [2.75, 3.05) is 10.6 Å². The van der Waals surface area contributed by atoms with Gasteiger partial charge in [-0.15, -0.1) is 0 Å². The molecular formula is C38H46N6O2. The third kappa shape index (κ3) is 9.51. The molecule has 0 unspecified atom stereocenters. The summed E-state index contributed by atoms with van der Waals surface area (Å²) in [6.45, 7) is 16.3. The second kappa shape index (κ2) is 14.4. The first-order valence-corrected chi connectivity index (χ1v) is 15.8. The number of hydrogen-bond donors (Lipinski definition) is 4. The van der Waals surface area contributed by atoms with Gasteiger partial charge in [-0.25, -0.2) is 9.97 Å². The molecule has 4 N–H and O–H groups in total. The number of anilines is 2. The molecule has 0 radical (unpaired) electrons. The molecule has 0 saturated heterocycles. The van der Waals surface area contributed by atoms with Gasteiger partial charge >= 0.3 is 0 Å². The molecule has 0 aliphatic heterocycles. The van der Waals surface area contributed by atoms with Gasteiger partial charge in [-0.2, -0.15) is 0 Å². The van der Waals surface area contributed by atoms with Crippen LogP contribution in [0.25, 0.3) is 45.3 Å². The van der Waals surface area contributed by atoms with Crippen molar-refractivity contribution in [3.63, 3.8) is 0 Å². The minimum atomic E-state index is -0.0645. The van der Waals surface area contributed by atoms with E-state index in [2.05, 4.69) is 36.6 Å². The molecule has 0 atom stereocenters. The molecule has 0 aliphatic rings. The average Bonchev–Trinajstić information content (AvgIpc) is 3.68. The zero-order chi connectivity index (χ0) is 33.5. The van der Waals surface area contributed by atoms with Crippen molar-refractivity contribution < 1.29 is 9.59 Å². The van der Waals surface area contributed by atoms with E-state index in [1.165, 1.54) is 0 Å². The molecule has 0 fully saturated rings. The molecule has 8 heteroatoms. The fraction of sp³-hybridized carbons (Fsp3) is 0.316. The smallest absolute Gasteiger partial charge is 0.224 e. The highest BCUT2D eigenvalue weighted by Crippen LogP contribution is 2.29. The minimum absolute atomic E-state index is 0.00441. The van der Waals surface area contributed by atoms with Crippen LogP contribution >= 0.6 is 0 Å². The van der Waals surface area contributed by atoms with Crippen LogP contribution in [0.4, 0.5) is 11.4 Å². The topological polar surface area (TPSA) is 116 Å². The number of imidazole rings is 2.